The lowest BCUT2D eigenvalue weighted by Gasteiger charge is -2.41. The van der Waals surface area contributed by atoms with Crippen molar-refractivity contribution in [3.8, 4) is 0 Å². The highest BCUT2D eigenvalue weighted by Crippen LogP contribution is 2.29. The van der Waals surface area contributed by atoms with E-state index in [1.807, 2.05) is 6.07 Å². The van der Waals surface area contributed by atoms with Crippen molar-refractivity contribution in [1.82, 2.24) is 24.7 Å². The molecule has 5 rings (SSSR count). The number of nitrogens with one attached hydrogen (secondary N) is 2. The number of rotatable bonds is 4. The van der Waals surface area contributed by atoms with E-state index in [1.165, 1.54) is 6.07 Å². The highest BCUT2D eigenvalue weighted by molar-refractivity contribution is 6.13. The molecule has 0 aliphatic carbocycles. The summed E-state index contributed by atoms with van der Waals surface area (Å²) in [5.74, 6) is -0.385. The molecule has 34 heavy (non-hydrogen) atoms. The van der Waals surface area contributed by atoms with Crippen molar-refractivity contribution in [2.24, 2.45) is 5.92 Å². The molecule has 3 aromatic heterocycles. The average Bonchev–Trinajstić information content (AvgIpc) is 3.18. The Labute approximate surface area is 197 Å². The zero-order chi connectivity index (χ0) is 24.0. The molecule has 0 saturated carbocycles. The summed E-state index contributed by atoms with van der Waals surface area (Å²) in [6.45, 7) is 10.1. The minimum absolute atomic E-state index is 0.223. The molecule has 1 fully saturated rings. The maximum atomic E-state index is 14.5. The molecular formula is C25H28FN7O. The van der Waals surface area contributed by atoms with Gasteiger partial charge in [0.1, 0.15) is 11.0 Å². The van der Waals surface area contributed by atoms with Gasteiger partial charge in [0.05, 0.1) is 22.6 Å². The summed E-state index contributed by atoms with van der Waals surface area (Å²) in [6.07, 6.45) is 6.58. The largest absolute Gasteiger partial charge is 0.367 e. The first-order valence-electron chi connectivity index (χ1n) is 11.5. The highest BCUT2D eigenvalue weighted by atomic mass is 19.1. The van der Waals surface area contributed by atoms with Crippen molar-refractivity contribution in [1.29, 1.82) is 0 Å². The number of halogens is 1. The van der Waals surface area contributed by atoms with E-state index < -0.39 is 5.82 Å². The van der Waals surface area contributed by atoms with Gasteiger partial charge in [-0.3, -0.25) is 14.8 Å². The van der Waals surface area contributed by atoms with Crippen molar-refractivity contribution in [2.75, 3.05) is 23.3 Å². The number of amides is 1. The number of anilines is 2. The second kappa shape index (κ2) is 8.64. The minimum Gasteiger partial charge on any atom is -0.367 e. The monoisotopic (exact) mass is 461 g/mol. The van der Waals surface area contributed by atoms with Crippen LogP contribution in [-0.4, -0.2) is 50.4 Å². The second-order valence-electron chi connectivity index (χ2n) is 9.35. The summed E-state index contributed by atoms with van der Waals surface area (Å²) in [5, 5.41) is 6.46. The Kier molecular flexibility index (Phi) is 5.65. The first-order valence-corrected chi connectivity index (χ1v) is 11.5. The van der Waals surface area contributed by atoms with E-state index in [2.05, 4.69) is 51.3 Å². The van der Waals surface area contributed by atoms with Gasteiger partial charge in [-0.25, -0.2) is 9.37 Å². The summed E-state index contributed by atoms with van der Waals surface area (Å²) in [7, 11) is 0. The first kappa shape index (κ1) is 22.2. The first-order chi connectivity index (χ1) is 16.3. The van der Waals surface area contributed by atoms with Crippen LogP contribution >= 0.6 is 0 Å². The van der Waals surface area contributed by atoms with E-state index in [4.69, 9.17) is 0 Å². The van der Waals surface area contributed by atoms with Crippen LogP contribution in [0.2, 0.25) is 0 Å². The standard InChI is InChI=1S/C25H28FN7O/c1-14(2)20-13-32(10-15(3)29-20)21-6-5-18(22-23(21)28-8-7-27-22)25(34)31-17-9-19(26)24-30-16(4)11-33(24)12-17/h5-9,11-12,14-15,20,29H,10,13H2,1-4H3,(H,31,34)/t15-,20-/m1/s1. The quantitative estimate of drug-likeness (QED) is 0.481. The van der Waals surface area contributed by atoms with Gasteiger partial charge < -0.3 is 19.9 Å². The van der Waals surface area contributed by atoms with Gasteiger partial charge in [0.2, 0.25) is 0 Å². The molecule has 0 bridgehead atoms. The van der Waals surface area contributed by atoms with Crippen LogP contribution in [0.5, 0.6) is 0 Å². The van der Waals surface area contributed by atoms with Gasteiger partial charge in [0.15, 0.2) is 11.5 Å². The predicted molar refractivity (Wildman–Crippen MR) is 131 cm³/mol. The molecule has 0 spiro atoms. The van der Waals surface area contributed by atoms with Gasteiger partial charge in [0, 0.05) is 56.0 Å². The third kappa shape index (κ3) is 4.07. The van der Waals surface area contributed by atoms with Crippen LogP contribution in [0.25, 0.3) is 16.7 Å². The predicted octanol–water partition coefficient (Wildman–Crippen LogP) is 3.80. The van der Waals surface area contributed by atoms with Crippen molar-refractivity contribution >= 4 is 34.0 Å². The van der Waals surface area contributed by atoms with Crippen LogP contribution in [0, 0.1) is 18.7 Å². The maximum Gasteiger partial charge on any atom is 0.257 e. The number of hydrogen-bond acceptors (Lipinski definition) is 6. The molecule has 9 heteroatoms. The number of aromatic nitrogens is 4. The van der Waals surface area contributed by atoms with Crippen LogP contribution < -0.4 is 15.5 Å². The van der Waals surface area contributed by atoms with Crippen molar-refractivity contribution < 1.29 is 9.18 Å². The minimum atomic E-state index is -0.501. The number of carbonyl (C=O) groups excluding carboxylic acids is 1. The number of fused-ring (bicyclic) bond motifs is 2. The summed E-state index contributed by atoms with van der Waals surface area (Å²) >= 11 is 0. The number of piperazine rings is 1. The Balaban J connectivity index is 1.49. The van der Waals surface area contributed by atoms with Crippen LogP contribution in [0.4, 0.5) is 15.8 Å². The smallest absolute Gasteiger partial charge is 0.257 e. The molecule has 1 aliphatic rings. The molecule has 0 unspecified atom stereocenters. The molecule has 4 aromatic rings. The number of carbonyl (C=O) groups is 1. The van der Waals surface area contributed by atoms with E-state index in [1.54, 1.807) is 42.2 Å². The molecule has 2 atom stereocenters. The van der Waals surface area contributed by atoms with E-state index in [0.717, 1.165) is 18.8 Å². The third-order valence-electron chi connectivity index (χ3n) is 6.29. The van der Waals surface area contributed by atoms with E-state index in [0.29, 0.717) is 46.0 Å². The van der Waals surface area contributed by atoms with Crippen molar-refractivity contribution in [3.63, 3.8) is 0 Å². The Morgan fingerprint density at radius 3 is 2.71 bits per heavy atom. The van der Waals surface area contributed by atoms with Gasteiger partial charge >= 0.3 is 0 Å². The Hall–Kier alpha value is -3.59. The lowest BCUT2D eigenvalue weighted by molar-refractivity contribution is 0.102. The van der Waals surface area contributed by atoms with Crippen molar-refractivity contribution in [3.05, 3.63) is 60.1 Å². The zero-order valence-electron chi connectivity index (χ0n) is 19.7. The van der Waals surface area contributed by atoms with Gasteiger partial charge in [-0.1, -0.05) is 13.8 Å². The van der Waals surface area contributed by atoms with Crippen LogP contribution in [0.3, 0.4) is 0 Å². The Bertz CT molecular complexity index is 1380. The fourth-order valence-corrected chi connectivity index (χ4v) is 4.64. The van der Waals surface area contributed by atoms with E-state index >= 15 is 0 Å². The Morgan fingerprint density at radius 2 is 1.94 bits per heavy atom. The summed E-state index contributed by atoms with van der Waals surface area (Å²) in [4.78, 5) is 28.8. The average molecular weight is 462 g/mol. The fourth-order valence-electron chi connectivity index (χ4n) is 4.64. The van der Waals surface area contributed by atoms with Crippen LogP contribution in [0.15, 0.2) is 43.0 Å². The number of nitrogens with zero attached hydrogens (tertiary/aromatic N) is 5. The number of aryl methyl sites for hydroxylation is 1. The molecule has 8 nitrogen and oxygen atoms in total. The van der Waals surface area contributed by atoms with Gasteiger partial charge in [0.25, 0.3) is 5.91 Å². The lowest BCUT2D eigenvalue weighted by Crippen LogP contribution is -2.57. The molecule has 2 N–H and O–H groups in total. The molecular weight excluding hydrogens is 433 g/mol. The number of benzene rings is 1. The molecule has 4 heterocycles. The zero-order valence-corrected chi connectivity index (χ0v) is 19.7. The molecule has 1 amide bonds. The molecule has 176 valence electrons. The number of hydrogen-bond donors (Lipinski definition) is 2. The van der Waals surface area contributed by atoms with Crippen LogP contribution in [0.1, 0.15) is 36.8 Å². The number of imidazole rings is 1. The molecule has 1 saturated heterocycles. The Morgan fingerprint density at radius 1 is 1.18 bits per heavy atom. The lowest BCUT2D eigenvalue weighted by atomic mass is 9.98. The summed E-state index contributed by atoms with van der Waals surface area (Å²) in [5.41, 5.74) is 3.80. The fraction of sp³-hybridized carbons (Fsp3) is 0.360. The summed E-state index contributed by atoms with van der Waals surface area (Å²) in [6, 6.07) is 5.66. The maximum absolute atomic E-state index is 14.5. The molecule has 0 radical (unpaired) electrons. The summed E-state index contributed by atoms with van der Waals surface area (Å²) < 4.78 is 16.0. The van der Waals surface area contributed by atoms with E-state index in [9.17, 15) is 9.18 Å². The van der Waals surface area contributed by atoms with Gasteiger partial charge in [-0.05, 0) is 31.9 Å². The van der Waals surface area contributed by atoms with Crippen LogP contribution in [-0.2, 0) is 0 Å². The molecule has 1 aromatic carbocycles. The third-order valence-corrected chi connectivity index (χ3v) is 6.29. The van der Waals surface area contributed by atoms with Crippen molar-refractivity contribution in [2.45, 2.75) is 39.8 Å². The van der Waals surface area contributed by atoms with Gasteiger partial charge in [-0.2, -0.15) is 0 Å². The highest BCUT2D eigenvalue weighted by Gasteiger charge is 2.28. The van der Waals surface area contributed by atoms with E-state index in [-0.39, 0.29) is 11.6 Å². The second-order valence-corrected chi connectivity index (χ2v) is 9.35. The van der Waals surface area contributed by atoms with Gasteiger partial charge in [-0.15, -0.1) is 0 Å². The topological polar surface area (TPSA) is 87.5 Å². The number of pyridine rings is 1. The SMILES string of the molecule is Cc1cn2cc(NC(=O)c3ccc(N4C[C@@H](C)N[C@@H](C(C)C)C4)c4nccnc34)cc(F)c2n1. The normalized spacial score (nSPS) is 18.7. The molecule has 1 aliphatic heterocycles.